The molecule has 0 heterocycles. The predicted molar refractivity (Wildman–Crippen MR) is 72.3 cm³/mol. The molecule has 0 N–H and O–H groups in total. The van der Waals surface area contributed by atoms with Gasteiger partial charge in [-0.1, -0.05) is 30.8 Å². The lowest BCUT2D eigenvalue weighted by molar-refractivity contribution is -0.107. The molecule has 2 aromatic carbocycles. The summed E-state index contributed by atoms with van der Waals surface area (Å²) in [6, 6.07) is 13.4. The zero-order chi connectivity index (χ0) is 13.7. The second-order valence-electron chi connectivity index (χ2n) is 4.02. The van der Waals surface area contributed by atoms with E-state index in [9.17, 15) is 9.18 Å². The molecule has 2 rings (SSSR count). The normalized spacial score (nSPS) is 9.95. The smallest absolute Gasteiger partial charge is 0.134 e. The third kappa shape index (κ3) is 3.28. The molecular weight excluding hydrogens is 243 g/mol. The van der Waals surface area contributed by atoms with Crippen molar-refractivity contribution >= 4 is 12.0 Å². The number of carbonyl (C=O) groups excluding carboxylic acids is 1. The molecule has 0 aromatic heterocycles. The summed E-state index contributed by atoms with van der Waals surface area (Å²) in [5.41, 5.74) is 1.16. The molecule has 2 nitrogen and oxygen atoms in total. The van der Waals surface area contributed by atoms with Crippen molar-refractivity contribution in [2.45, 2.75) is 6.42 Å². The van der Waals surface area contributed by atoms with Crippen LogP contribution in [0.3, 0.4) is 0 Å². The van der Waals surface area contributed by atoms with Gasteiger partial charge in [0.15, 0.2) is 0 Å². The van der Waals surface area contributed by atoms with E-state index < -0.39 is 0 Å². The first-order valence-corrected chi connectivity index (χ1v) is 5.85. The Labute approximate surface area is 111 Å². The zero-order valence-electron chi connectivity index (χ0n) is 10.3. The number of ether oxygens (including phenoxy) is 1. The molecule has 0 aliphatic rings. The van der Waals surface area contributed by atoms with Crippen LogP contribution in [0.1, 0.15) is 11.1 Å². The van der Waals surface area contributed by atoms with Crippen LogP contribution in [0.5, 0.6) is 5.75 Å². The fraction of sp³-hybridized carbons (Fsp3) is 0.0625. The molecule has 0 aliphatic heterocycles. The van der Waals surface area contributed by atoms with Gasteiger partial charge in [0.05, 0.1) is 5.56 Å². The molecule has 2 aromatic rings. The summed E-state index contributed by atoms with van der Waals surface area (Å²) in [6.45, 7) is 3.72. The monoisotopic (exact) mass is 256 g/mol. The lowest BCUT2D eigenvalue weighted by atomic mass is 10.1. The summed E-state index contributed by atoms with van der Waals surface area (Å²) in [5.74, 6) is 0.394. The summed E-state index contributed by atoms with van der Waals surface area (Å²) in [5, 5.41) is 0. The maximum Gasteiger partial charge on any atom is 0.134 e. The molecule has 3 heteroatoms. The molecule has 0 aliphatic carbocycles. The zero-order valence-corrected chi connectivity index (χ0v) is 10.3. The number of halogens is 1. The molecule has 0 saturated carbocycles. The highest BCUT2D eigenvalue weighted by molar-refractivity contribution is 5.61. The lowest BCUT2D eigenvalue weighted by Crippen LogP contribution is -1.97. The average molecular weight is 256 g/mol. The first-order chi connectivity index (χ1) is 9.20. The van der Waals surface area contributed by atoms with Gasteiger partial charge in [-0.3, -0.25) is 0 Å². The summed E-state index contributed by atoms with van der Waals surface area (Å²) >= 11 is 0. The van der Waals surface area contributed by atoms with Crippen LogP contribution in [0.2, 0.25) is 0 Å². The Morgan fingerprint density at radius 1 is 1.21 bits per heavy atom. The van der Waals surface area contributed by atoms with Gasteiger partial charge in [-0.15, -0.1) is 0 Å². The third-order valence-corrected chi connectivity index (χ3v) is 2.63. The Balaban J connectivity index is 2.17. The van der Waals surface area contributed by atoms with Gasteiger partial charge in [0.2, 0.25) is 0 Å². The van der Waals surface area contributed by atoms with E-state index in [-0.39, 0.29) is 11.6 Å². The Hall–Kier alpha value is -2.42. The fourth-order valence-corrected chi connectivity index (χ4v) is 1.72. The van der Waals surface area contributed by atoms with E-state index in [1.165, 1.54) is 6.07 Å². The van der Waals surface area contributed by atoms with Gasteiger partial charge in [-0.2, -0.15) is 0 Å². The van der Waals surface area contributed by atoms with E-state index in [4.69, 9.17) is 4.74 Å². The molecule has 0 unspecified atom stereocenters. The van der Waals surface area contributed by atoms with Crippen LogP contribution in [0, 0.1) is 5.82 Å². The van der Waals surface area contributed by atoms with E-state index in [0.29, 0.717) is 17.7 Å². The number of hydrogen-bond donors (Lipinski definition) is 0. The quantitative estimate of drug-likeness (QED) is 0.603. The van der Waals surface area contributed by atoms with Crippen molar-refractivity contribution in [1.82, 2.24) is 0 Å². The molecular formula is C16H13FO2. The second-order valence-corrected chi connectivity index (χ2v) is 4.02. The molecule has 96 valence electrons. The van der Waals surface area contributed by atoms with Crippen LogP contribution in [-0.4, -0.2) is 6.29 Å². The average Bonchev–Trinajstić information content (AvgIpc) is 2.40. The highest BCUT2D eigenvalue weighted by atomic mass is 19.1. The van der Waals surface area contributed by atoms with E-state index in [0.717, 1.165) is 11.8 Å². The summed E-state index contributed by atoms with van der Waals surface area (Å²) < 4.78 is 19.1. The van der Waals surface area contributed by atoms with Crippen molar-refractivity contribution < 1.29 is 13.9 Å². The van der Waals surface area contributed by atoms with Gasteiger partial charge < -0.3 is 9.53 Å². The van der Waals surface area contributed by atoms with Gasteiger partial charge in [0, 0.05) is 6.42 Å². The topological polar surface area (TPSA) is 26.3 Å². The minimum atomic E-state index is -0.378. The number of carbonyl (C=O) groups is 1. The van der Waals surface area contributed by atoms with Crippen molar-refractivity contribution in [2.75, 3.05) is 0 Å². The van der Waals surface area contributed by atoms with Gasteiger partial charge in [0.1, 0.15) is 23.6 Å². The Kier molecular flexibility index (Phi) is 4.08. The fourth-order valence-electron chi connectivity index (χ4n) is 1.72. The second kappa shape index (κ2) is 5.96. The number of rotatable bonds is 5. The molecule has 0 saturated heterocycles. The van der Waals surface area contributed by atoms with Crippen molar-refractivity contribution in [3.63, 3.8) is 0 Å². The van der Waals surface area contributed by atoms with Crippen LogP contribution in [0.25, 0.3) is 5.76 Å². The number of benzene rings is 2. The molecule has 0 amide bonds. The standard InChI is InChI=1S/C16H13FO2/c1-12(15-7-2-3-8-16(15)17)19-14-6-4-5-13(11-14)9-10-18/h2-8,10-11H,1,9H2. The van der Waals surface area contributed by atoms with Crippen LogP contribution in [0.4, 0.5) is 4.39 Å². The molecule has 0 bridgehead atoms. The molecule has 0 atom stereocenters. The van der Waals surface area contributed by atoms with Crippen LogP contribution in [0.15, 0.2) is 55.1 Å². The number of aldehydes is 1. The van der Waals surface area contributed by atoms with Gasteiger partial charge in [-0.05, 0) is 29.8 Å². The van der Waals surface area contributed by atoms with Crippen molar-refractivity contribution in [3.05, 3.63) is 72.1 Å². The first-order valence-electron chi connectivity index (χ1n) is 5.85. The Morgan fingerprint density at radius 2 is 2.00 bits per heavy atom. The molecule has 0 fully saturated rings. The van der Waals surface area contributed by atoms with E-state index in [2.05, 4.69) is 6.58 Å². The van der Waals surface area contributed by atoms with Crippen molar-refractivity contribution in [3.8, 4) is 5.75 Å². The molecule has 0 spiro atoms. The van der Waals surface area contributed by atoms with Crippen LogP contribution >= 0.6 is 0 Å². The maximum atomic E-state index is 13.6. The molecule has 19 heavy (non-hydrogen) atoms. The Bertz CT molecular complexity index is 605. The van der Waals surface area contributed by atoms with Crippen LogP contribution in [-0.2, 0) is 11.2 Å². The molecule has 0 radical (unpaired) electrons. The first kappa shape index (κ1) is 13.0. The predicted octanol–water partition coefficient (Wildman–Crippen LogP) is 3.62. The third-order valence-electron chi connectivity index (χ3n) is 2.63. The highest BCUT2D eigenvalue weighted by Gasteiger charge is 2.07. The van der Waals surface area contributed by atoms with E-state index in [1.807, 2.05) is 6.07 Å². The van der Waals surface area contributed by atoms with Gasteiger partial charge >= 0.3 is 0 Å². The van der Waals surface area contributed by atoms with Gasteiger partial charge in [-0.25, -0.2) is 4.39 Å². The van der Waals surface area contributed by atoms with E-state index in [1.54, 1.807) is 36.4 Å². The maximum absolute atomic E-state index is 13.6. The van der Waals surface area contributed by atoms with Crippen LogP contribution < -0.4 is 4.74 Å². The van der Waals surface area contributed by atoms with E-state index >= 15 is 0 Å². The number of hydrogen-bond acceptors (Lipinski definition) is 2. The lowest BCUT2D eigenvalue weighted by Gasteiger charge is -2.10. The summed E-state index contributed by atoms with van der Waals surface area (Å²) in [7, 11) is 0. The minimum absolute atomic E-state index is 0.237. The largest absolute Gasteiger partial charge is 0.457 e. The highest BCUT2D eigenvalue weighted by Crippen LogP contribution is 2.22. The Morgan fingerprint density at radius 3 is 2.74 bits per heavy atom. The summed E-state index contributed by atoms with van der Waals surface area (Å²) in [4.78, 5) is 10.5. The van der Waals surface area contributed by atoms with Crippen molar-refractivity contribution in [2.24, 2.45) is 0 Å². The SMILES string of the molecule is C=C(Oc1cccc(CC=O)c1)c1ccccc1F. The minimum Gasteiger partial charge on any atom is -0.457 e. The van der Waals surface area contributed by atoms with Gasteiger partial charge in [0.25, 0.3) is 0 Å². The summed E-state index contributed by atoms with van der Waals surface area (Å²) in [6.07, 6.45) is 1.15. The van der Waals surface area contributed by atoms with Crippen molar-refractivity contribution in [1.29, 1.82) is 0 Å².